The number of carbonyl (C=O) groups excluding carboxylic acids is 1. The molecule has 0 aliphatic carbocycles. The molecule has 3 aliphatic rings. The number of halogens is 1. The lowest BCUT2D eigenvalue weighted by Gasteiger charge is -2.27. The highest BCUT2D eigenvalue weighted by Gasteiger charge is 2.55. The Hall–Kier alpha value is -3.80. The maximum Gasteiger partial charge on any atom is 0.478 e. The number of aromatic nitrogens is 8. The van der Waals surface area contributed by atoms with Crippen molar-refractivity contribution in [1.29, 1.82) is 0 Å². The average molecular weight is 775 g/mol. The van der Waals surface area contributed by atoms with Gasteiger partial charge in [-0.15, -0.1) is 0 Å². The molecule has 3 saturated heterocycles. The van der Waals surface area contributed by atoms with E-state index in [1.54, 1.807) is 20.8 Å². The van der Waals surface area contributed by atoms with Crippen LogP contribution in [-0.2, 0) is 50.8 Å². The number of aliphatic hydroxyl groups is 1. The Labute approximate surface area is 291 Å². The highest BCUT2D eigenvalue weighted by molar-refractivity contribution is 7.48. The van der Waals surface area contributed by atoms with Crippen molar-refractivity contribution in [1.82, 2.24) is 39.0 Å². The highest BCUT2D eigenvalue weighted by Crippen LogP contribution is 2.56. The number of nitrogen functional groups attached to an aromatic ring is 2. The highest BCUT2D eigenvalue weighted by atomic mass is 31.2. The van der Waals surface area contributed by atoms with E-state index >= 15 is 4.39 Å². The van der Waals surface area contributed by atoms with Gasteiger partial charge in [-0.05, 0) is 20.8 Å². The van der Waals surface area contributed by atoms with E-state index in [-0.39, 0.29) is 34.0 Å². The third-order valence-corrected chi connectivity index (χ3v) is 10.6. The third-order valence-electron chi connectivity index (χ3n) is 8.22. The fourth-order valence-electron chi connectivity index (χ4n) is 5.61. The lowest BCUT2D eigenvalue weighted by molar-refractivity contribution is -0.161. The second-order valence-corrected chi connectivity index (χ2v) is 15.8. The maximum atomic E-state index is 16.2. The number of nitrogens with zero attached hydrogens (tertiary/aromatic N) is 8. The van der Waals surface area contributed by atoms with Crippen LogP contribution in [0.2, 0.25) is 0 Å². The van der Waals surface area contributed by atoms with E-state index in [0.29, 0.717) is 0 Å². The van der Waals surface area contributed by atoms with Crippen molar-refractivity contribution in [2.75, 3.05) is 31.5 Å². The van der Waals surface area contributed by atoms with Gasteiger partial charge >= 0.3 is 21.6 Å². The summed E-state index contributed by atoms with van der Waals surface area (Å²) in [6.45, 7) is 2.04. The summed E-state index contributed by atoms with van der Waals surface area (Å²) in [5.74, 6) is -0.738. The minimum atomic E-state index is -5.17. The number of carbonyl (C=O) groups is 1. The number of anilines is 2. The summed E-state index contributed by atoms with van der Waals surface area (Å²) < 4.78 is 90.6. The van der Waals surface area contributed by atoms with Gasteiger partial charge in [0.05, 0.1) is 31.3 Å². The smallest absolute Gasteiger partial charge is 0.437 e. The summed E-state index contributed by atoms with van der Waals surface area (Å²) in [4.78, 5) is 47.4. The van der Waals surface area contributed by atoms with Crippen LogP contribution in [0.4, 0.5) is 16.0 Å². The maximum absolute atomic E-state index is 16.2. The number of esters is 1. The Morgan fingerprint density at radius 3 is 2.10 bits per heavy atom. The molecule has 3 aliphatic heterocycles. The molecule has 10 atom stereocenters. The number of ether oxygens (including phenoxy) is 3. The van der Waals surface area contributed by atoms with Gasteiger partial charge in [-0.25, -0.2) is 47.9 Å². The molecule has 0 saturated carbocycles. The summed E-state index contributed by atoms with van der Waals surface area (Å²) >= 11 is 0. The molecular formula is C26H33FN10O13P2. The van der Waals surface area contributed by atoms with Crippen LogP contribution in [0.15, 0.2) is 25.3 Å². The molecule has 4 aromatic heterocycles. The molecule has 4 aromatic rings. The van der Waals surface area contributed by atoms with E-state index in [4.69, 9.17) is 48.3 Å². The Morgan fingerprint density at radius 2 is 1.48 bits per heavy atom. The van der Waals surface area contributed by atoms with Crippen LogP contribution in [0.5, 0.6) is 0 Å². The Bertz CT molecular complexity index is 2080. The van der Waals surface area contributed by atoms with E-state index in [2.05, 4.69) is 29.9 Å². The molecular weight excluding hydrogens is 741 g/mol. The molecule has 26 heteroatoms. The lowest BCUT2D eigenvalue weighted by Crippen LogP contribution is -2.36. The molecule has 7 heterocycles. The van der Waals surface area contributed by atoms with E-state index < -0.39 is 96.2 Å². The number of imidazole rings is 2. The van der Waals surface area contributed by atoms with Gasteiger partial charge in [0.2, 0.25) is 6.79 Å². The van der Waals surface area contributed by atoms with E-state index in [1.807, 2.05) is 0 Å². The Kier molecular flexibility index (Phi) is 9.53. The van der Waals surface area contributed by atoms with E-state index in [9.17, 15) is 23.9 Å². The fourth-order valence-corrected chi connectivity index (χ4v) is 7.80. The second-order valence-electron chi connectivity index (χ2n) is 12.8. The molecule has 282 valence electrons. The van der Waals surface area contributed by atoms with Crippen molar-refractivity contribution in [3.05, 3.63) is 25.3 Å². The van der Waals surface area contributed by atoms with Gasteiger partial charge < -0.3 is 35.7 Å². The first-order valence-corrected chi connectivity index (χ1v) is 18.4. The number of rotatable bonds is 5. The van der Waals surface area contributed by atoms with Gasteiger partial charge in [0, 0.05) is 0 Å². The molecule has 52 heavy (non-hydrogen) atoms. The van der Waals surface area contributed by atoms with Crippen molar-refractivity contribution < 1.29 is 65.1 Å². The third kappa shape index (κ3) is 6.87. The molecule has 0 aromatic carbocycles. The van der Waals surface area contributed by atoms with Crippen molar-refractivity contribution in [3.63, 3.8) is 0 Å². The molecule has 0 radical (unpaired) electrons. The molecule has 23 nitrogen and oxygen atoms in total. The number of aliphatic hydroxyl groups excluding tert-OH is 1. The fraction of sp³-hybridized carbons (Fsp3) is 0.577. The normalized spacial score (nSPS) is 34.4. The first-order valence-electron chi connectivity index (χ1n) is 15.4. The number of hydrogen-bond donors (Lipinski definition) is 4. The summed E-state index contributed by atoms with van der Waals surface area (Å²) in [7, 11) is -10.2. The lowest BCUT2D eigenvalue weighted by atomic mass is 9.98. The SMILES string of the molecule is CC(C)(C)C(=O)OCOP1(=O)OC[C@H]2O[C@@H](n3cnc4c(N)ncnc43)C(F)C2OP(=O)(O)OC[C@H]2O[C@@H](n3cnc4c(N)ncnc43)C(O1)C2O. The first kappa shape index (κ1) is 36.6. The average Bonchev–Trinajstić information content (AvgIpc) is 3.84. The van der Waals surface area contributed by atoms with Crippen LogP contribution in [-0.4, -0.2) is 112 Å². The molecule has 0 spiro atoms. The van der Waals surface area contributed by atoms with Crippen LogP contribution in [0.1, 0.15) is 33.2 Å². The minimum absolute atomic E-state index is 0.00750. The number of phosphoric ester groups is 2. The number of alkyl halides is 1. The number of phosphoric acid groups is 2. The van der Waals surface area contributed by atoms with Gasteiger partial charge in [0.15, 0.2) is 41.6 Å². The van der Waals surface area contributed by atoms with Gasteiger partial charge in [-0.1, -0.05) is 0 Å². The summed E-state index contributed by atoms with van der Waals surface area (Å²) in [5, 5.41) is 11.4. The van der Waals surface area contributed by atoms with Crippen molar-refractivity contribution >= 4 is 55.6 Å². The monoisotopic (exact) mass is 774 g/mol. The summed E-state index contributed by atoms with van der Waals surface area (Å²) in [6.07, 6.45) is -9.04. The summed E-state index contributed by atoms with van der Waals surface area (Å²) in [6, 6.07) is 0. The van der Waals surface area contributed by atoms with Gasteiger partial charge in [-0.2, -0.15) is 0 Å². The van der Waals surface area contributed by atoms with Gasteiger partial charge in [-0.3, -0.25) is 32.0 Å². The van der Waals surface area contributed by atoms with Crippen LogP contribution in [0.3, 0.4) is 0 Å². The Morgan fingerprint density at radius 1 is 0.904 bits per heavy atom. The predicted molar refractivity (Wildman–Crippen MR) is 169 cm³/mol. The zero-order valence-corrected chi connectivity index (χ0v) is 29.2. The van der Waals surface area contributed by atoms with Crippen LogP contribution in [0.25, 0.3) is 22.3 Å². The molecule has 7 rings (SSSR count). The number of nitrogens with two attached hydrogens (primary N) is 2. The van der Waals surface area contributed by atoms with Crippen molar-refractivity contribution in [2.24, 2.45) is 5.41 Å². The number of fused-ring (bicyclic) bond motifs is 5. The van der Waals surface area contributed by atoms with E-state index in [0.717, 1.165) is 23.5 Å². The molecule has 0 amide bonds. The molecule has 6 N–H and O–H groups in total. The van der Waals surface area contributed by atoms with Crippen LogP contribution >= 0.6 is 15.6 Å². The second kappa shape index (κ2) is 13.6. The zero-order valence-electron chi connectivity index (χ0n) is 27.4. The molecule has 2 bridgehead atoms. The first-order chi connectivity index (χ1) is 24.6. The number of hydrogen-bond acceptors (Lipinski definition) is 20. The quantitative estimate of drug-likeness (QED) is 0.124. The zero-order chi connectivity index (χ0) is 37.2. The van der Waals surface area contributed by atoms with Crippen LogP contribution < -0.4 is 11.5 Å². The predicted octanol–water partition coefficient (Wildman–Crippen LogP) is 0.914. The van der Waals surface area contributed by atoms with Crippen molar-refractivity contribution in [2.45, 2.75) is 69.9 Å². The van der Waals surface area contributed by atoms with Gasteiger partial charge in [0.25, 0.3) is 0 Å². The van der Waals surface area contributed by atoms with Crippen LogP contribution in [0, 0.1) is 5.41 Å². The minimum Gasteiger partial charge on any atom is -0.437 e. The molecule has 3 fully saturated rings. The largest absolute Gasteiger partial charge is 0.478 e. The topological polar surface area (TPSA) is 305 Å². The van der Waals surface area contributed by atoms with E-state index in [1.165, 1.54) is 10.9 Å². The standard InChI is InChI=1S/C26H33FN10O13P2/c1-26(2,3)25(39)43-10-46-52(42)45-5-12-17(13(27)23(48-12)36-8-34-14-19(28)30-6-32-21(14)36)49-51(40,41)44-4-11-16(38)18(50-52)24(47-11)37-9-35-15-20(29)31-7-33-22(15)37/h6-9,11-13,16-18,23-24,38H,4-5,10H2,1-3H3,(H,40,41)(H2,28,30,32)(H2,29,31,33)/t11-,12-,13?,16?,17?,18?,23-,24-,52?/m1/s1. The van der Waals surface area contributed by atoms with Crippen molar-refractivity contribution in [3.8, 4) is 0 Å². The summed E-state index contributed by atoms with van der Waals surface area (Å²) in [5.41, 5.74) is 11.2. The molecule has 6 unspecified atom stereocenters. The Balaban J connectivity index is 1.23. The van der Waals surface area contributed by atoms with Gasteiger partial charge in [0.1, 0.15) is 54.2 Å².